The van der Waals surface area contributed by atoms with Crippen LogP contribution >= 0.6 is 0 Å². The molecule has 0 bridgehead atoms. The normalized spacial score (nSPS) is 12.1. The van der Waals surface area contributed by atoms with Gasteiger partial charge in [-0.15, -0.1) is 0 Å². The number of rotatable bonds is 2. The summed E-state index contributed by atoms with van der Waals surface area (Å²) in [6.07, 6.45) is 2.11. The molecular weight excluding hydrogens is 86.1 g/mol. The summed E-state index contributed by atoms with van der Waals surface area (Å²) in [6.45, 7) is 5.17. The summed E-state index contributed by atoms with van der Waals surface area (Å²) in [5.41, 5.74) is 1.39. The number of hydrogen-bond donors (Lipinski definition) is 1. The molecule has 0 unspecified atom stereocenters. The van der Waals surface area contributed by atoms with Crippen LogP contribution in [0.2, 0.25) is 0 Å². The van der Waals surface area contributed by atoms with Crippen LogP contribution < -0.4 is 5.32 Å². The van der Waals surface area contributed by atoms with E-state index in [9.17, 15) is 0 Å². The largest absolute Gasteiger partial charge is 0.316 e. The lowest BCUT2D eigenvalue weighted by Gasteiger charge is -1.93. The highest BCUT2D eigenvalue weighted by Crippen LogP contribution is 1.84. The van der Waals surface area contributed by atoms with Gasteiger partial charge in [0.15, 0.2) is 0 Å². The lowest BCUT2D eigenvalue weighted by Crippen LogP contribution is -2.07. The summed E-state index contributed by atoms with van der Waals surface area (Å²) in [5.74, 6) is 0. The standard InChI is InChI=1S/C6H13N/c1-4-6(2)5-7-3/h4,7H,5H2,1-3H3. The minimum absolute atomic E-state index is 1.01. The molecular formula is C6H13N. The maximum Gasteiger partial charge on any atom is 0.0158 e. The fraction of sp³-hybridized carbons (Fsp3) is 0.667. The number of nitrogens with one attached hydrogen (secondary N) is 1. The topological polar surface area (TPSA) is 12.0 Å². The van der Waals surface area contributed by atoms with Gasteiger partial charge in [-0.2, -0.15) is 0 Å². The van der Waals surface area contributed by atoms with Crippen molar-refractivity contribution in [2.75, 3.05) is 13.6 Å². The molecule has 0 rings (SSSR count). The Balaban J connectivity index is 3.17. The Hall–Kier alpha value is -0.300. The summed E-state index contributed by atoms with van der Waals surface area (Å²) in [7, 11) is 1.95. The molecule has 0 amide bonds. The van der Waals surface area contributed by atoms with Gasteiger partial charge in [0.1, 0.15) is 0 Å². The molecule has 1 nitrogen and oxygen atoms in total. The molecule has 0 aliphatic carbocycles. The number of likely N-dealkylation sites (N-methyl/N-ethyl adjacent to an activating group) is 1. The molecule has 1 heteroatoms. The van der Waals surface area contributed by atoms with E-state index in [0.29, 0.717) is 0 Å². The first-order valence-electron chi connectivity index (χ1n) is 2.57. The smallest absolute Gasteiger partial charge is 0.0158 e. The van der Waals surface area contributed by atoms with Crippen molar-refractivity contribution in [3.63, 3.8) is 0 Å². The Morgan fingerprint density at radius 1 is 1.71 bits per heavy atom. The number of hydrogen-bond acceptors (Lipinski definition) is 1. The predicted molar refractivity (Wildman–Crippen MR) is 33.4 cm³/mol. The Morgan fingerprint density at radius 2 is 2.29 bits per heavy atom. The van der Waals surface area contributed by atoms with Gasteiger partial charge >= 0.3 is 0 Å². The zero-order valence-electron chi connectivity index (χ0n) is 5.28. The maximum absolute atomic E-state index is 3.05. The van der Waals surface area contributed by atoms with E-state index in [4.69, 9.17) is 0 Å². The fourth-order valence-electron chi connectivity index (χ4n) is 0.381. The SMILES string of the molecule is CC=C(C)CNC. The minimum atomic E-state index is 1.01. The van der Waals surface area contributed by atoms with Crippen LogP contribution in [0, 0.1) is 0 Å². The lowest BCUT2D eigenvalue weighted by molar-refractivity contribution is 0.878. The zero-order chi connectivity index (χ0) is 5.70. The van der Waals surface area contributed by atoms with E-state index in [-0.39, 0.29) is 0 Å². The van der Waals surface area contributed by atoms with E-state index in [1.54, 1.807) is 0 Å². The highest BCUT2D eigenvalue weighted by molar-refractivity contribution is 4.96. The van der Waals surface area contributed by atoms with Crippen LogP contribution in [0.4, 0.5) is 0 Å². The lowest BCUT2D eigenvalue weighted by atomic mass is 10.3. The van der Waals surface area contributed by atoms with Crippen LogP contribution in [0.1, 0.15) is 13.8 Å². The maximum atomic E-state index is 3.05. The third-order valence-corrected chi connectivity index (χ3v) is 0.948. The molecule has 0 aromatic rings. The average Bonchev–Trinajstić information content (AvgIpc) is 1.68. The van der Waals surface area contributed by atoms with Gasteiger partial charge in [0.2, 0.25) is 0 Å². The van der Waals surface area contributed by atoms with E-state index in [1.807, 2.05) is 14.0 Å². The van der Waals surface area contributed by atoms with Gasteiger partial charge in [-0.3, -0.25) is 0 Å². The van der Waals surface area contributed by atoms with Crippen molar-refractivity contribution < 1.29 is 0 Å². The van der Waals surface area contributed by atoms with Crippen LogP contribution in [-0.2, 0) is 0 Å². The zero-order valence-corrected chi connectivity index (χ0v) is 5.28. The first-order valence-corrected chi connectivity index (χ1v) is 2.57. The van der Waals surface area contributed by atoms with Gasteiger partial charge < -0.3 is 5.32 Å². The highest BCUT2D eigenvalue weighted by atomic mass is 14.8. The quantitative estimate of drug-likeness (QED) is 0.512. The minimum Gasteiger partial charge on any atom is -0.316 e. The molecule has 1 N–H and O–H groups in total. The van der Waals surface area contributed by atoms with E-state index in [2.05, 4.69) is 18.3 Å². The molecule has 0 radical (unpaired) electrons. The van der Waals surface area contributed by atoms with E-state index in [1.165, 1.54) is 5.57 Å². The molecule has 0 saturated heterocycles. The predicted octanol–water partition coefficient (Wildman–Crippen LogP) is 1.17. The van der Waals surface area contributed by atoms with Crippen molar-refractivity contribution >= 4 is 0 Å². The summed E-state index contributed by atoms with van der Waals surface area (Å²) in [4.78, 5) is 0. The van der Waals surface area contributed by atoms with Gasteiger partial charge in [-0.05, 0) is 20.9 Å². The summed E-state index contributed by atoms with van der Waals surface area (Å²) >= 11 is 0. The second-order valence-corrected chi connectivity index (χ2v) is 1.67. The second kappa shape index (κ2) is 3.88. The molecule has 0 spiro atoms. The van der Waals surface area contributed by atoms with Crippen molar-refractivity contribution in [3.05, 3.63) is 11.6 Å². The average molecular weight is 99.2 g/mol. The molecule has 0 aromatic heterocycles. The van der Waals surface area contributed by atoms with Crippen molar-refractivity contribution in [3.8, 4) is 0 Å². The highest BCUT2D eigenvalue weighted by Gasteiger charge is 1.78. The first-order chi connectivity index (χ1) is 3.31. The summed E-state index contributed by atoms with van der Waals surface area (Å²) in [5, 5.41) is 3.05. The Bertz CT molecular complexity index is 64.6. The van der Waals surface area contributed by atoms with Crippen molar-refractivity contribution in [2.24, 2.45) is 0 Å². The molecule has 0 aromatic carbocycles. The Kier molecular flexibility index (Phi) is 3.71. The molecule has 0 aliphatic rings. The van der Waals surface area contributed by atoms with Crippen LogP contribution in [0.3, 0.4) is 0 Å². The van der Waals surface area contributed by atoms with E-state index >= 15 is 0 Å². The second-order valence-electron chi connectivity index (χ2n) is 1.67. The third-order valence-electron chi connectivity index (χ3n) is 0.948. The van der Waals surface area contributed by atoms with Gasteiger partial charge in [0, 0.05) is 6.54 Å². The molecule has 7 heavy (non-hydrogen) atoms. The van der Waals surface area contributed by atoms with Gasteiger partial charge in [0.05, 0.1) is 0 Å². The Morgan fingerprint density at radius 3 is 2.43 bits per heavy atom. The van der Waals surface area contributed by atoms with Crippen molar-refractivity contribution in [1.29, 1.82) is 0 Å². The van der Waals surface area contributed by atoms with E-state index in [0.717, 1.165) is 6.54 Å². The van der Waals surface area contributed by atoms with Crippen LogP contribution in [0.15, 0.2) is 11.6 Å². The van der Waals surface area contributed by atoms with Gasteiger partial charge in [0.25, 0.3) is 0 Å². The molecule has 0 saturated carbocycles. The summed E-state index contributed by atoms with van der Waals surface area (Å²) in [6, 6.07) is 0. The van der Waals surface area contributed by atoms with Gasteiger partial charge in [-0.25, -0.2) is 0 Å². The first kappa shape index (κ1) is 6.70. The van der Waals surface area contributed by atoms with Crippen LogP contribution in [0.25, 0.3) is 0 Å². The molecule has 0 heterocycles. The molecule has 0 fully saturated rings. The number of allylic oxidation sites excluding steroid dienone is 1. The van der Waals surface area contributed by atoms with Crippen molar-refractivity contribution in [2.45, 2.75) is 13.8 Å². The van der Waals surface area contributed by atoms with E-state index < -0.39 is 0 Å². The summed E-state index contributed by atoms with van der Waals surface area (Å²) < 4.78 is 0. The van der Waals surface area contributed by atoms with Crippen LogP contribution in [0.5, 0.6) is 0 Å². The molecule has 42 valence electrons. The monoisotopic (exact) mass is 99.1 g/mol. The fourth-order valence-corrected chi connectivity index (χ4v) is 0.381. The van der Waals surface area contributed by atoms with Crippen LogP contribution in [-0.4, -0.2) is 13.6 Å². The third kappa shape index (κ3) is 3.53. The van der Waals surface area contributed by atoms with Crippen molar-refractivity contribution in [1.82, 2.24) is 5.32 Å². The Labute approximate surface area is 45.4 Å². The van der Waals surface area contributed by atoms with Gasteiger partial charge in [-0.1, -0.05) is 11.6 Å². The molecule has 0 atom stereocenters. The molecule has 0 aliphatic heterocycles.